The molecule has 0 atom stereocenters. The van der Waals surface area contributed by atoms with E-state index in [1.54, 1.807) is 15.9 Å². The topological polar surface area (TPSA) is 64.4 Å². The minimum atomic E-state index is -0.340. The summed E-state index contributed by atoms with van der Waals surface area (Å²) in [6, 6.07) is 20.3. The molecule has 0 saturated carbocycles. The minimum Gasteiger partial charge on any atom is -0.468 e. The number of ether oxygens (including phenoxy) is 1. The highest BCUT2D eigenvalue weighted by atomic mass is 32.2. The Labute approximate surface area is 206 Å². The van der Waals surface area contributed by atoms with Crippen LogP contribution in [0, 0.1) is 0 Å². The zero-order chi connectivity index (χ0) is 23.5. The van der Waals surface area contributed by atoms with Crippen molar-refractivity contribution in [1.82, 2.24) is 14.5 Å². The van der Waals surface area contributed by atoms with Crippen molar-refractivity contribution in [2.24, 2.45) is 0 Å². The Bertz CT molecular complexity index is 1370. The molecule has 1 aliphatic rings. The number of fused-ring (bicyclic) bond motifs is 3. The predicted octanol–water partition coefficient (Wildman–Crippen LogP) is 4.33. The van der Waals surface area contributed by atoms with Crippen LogP contribution in [-0.2, 0) is 35.6 Å². The van der Waals surface area contributed by atoms with Crippen molar-refractivity contribution in [2.45, 2.75) is 31.2 Å². The maximum Gasteiger partial charge on any atom is 0.316 e. The number of carbonyl (C=O) groups is 1. The van der Waals surface area contributed by atoms with Crippen molar-refractivity contribution >= 4 is 39.3 Å². The van der Waals surface area contributed by atoms with Crippen LogP contribution in [0.3, 0.4) is 0 Å². The Kier molecular flexibility index (Phi) is 6.80. The molecule has 5 rings (SSSR count). The second-order valence-corrected chi connectivity index (χ2v) is 10.3. The lowest BCUT2D eigenvalue weighted by Gasteiger charge is -2.26. The van der Waals surface area contributed by atoms with Crippen LogP contribution in [0.5, 0.6) is 0 Å². The summed E-state index contributed by atoms with van der Waals surface area (Å²) < 4.78 is 6.50. The molecular weight excluding hydrogens is 466 g/mol. The van der Waals surface area contributed by atoms with E-state index < -0.39 is 0 Å². The molecule has 174 valence electrons. The first-order valence-electron chi connectivity index (χ1n) is 11.2. The van der Waals surface area contributed by atoms with Crippen LogP contribution < -0.4 is 5.56 Å². The largest absolute Gasteiger partial charge is 0.468 e. The van der Waals surface area contributed by atoms with E-state index in [2.05, 4.69) is 29.2 Å². The lowest BCUT2D eigenvalue weighted by Crippen LogP contribution is -2.30. The summed E-state index contributed by atoms with van der Waals surface area (Å²) in [5.41, 5.74) is 3.41. The molecule has 4 aromatic rings. The van der Waals surface area contributed by atoms with Crippen LogP contribution in [0.1, 0.15) is 21.6 Å². The number of aromatic nitrogens is 2. The van der Waals surface area contributed by atoms with Crippen LogP contribution >= 0.6 is 23.1 Å². The molecule has 0 saturated heterocycles. The van der Waals surface area contributed by atoms with E-state index in [-0.39, 0.29) is 17.3 Å². The number of rotatable bonds is 7. The highest BCUT2D eigenvalue weighted by Crippen LogP contribution is 2.34. The Balaban J connectivity index is 1.51. The fourth-order valence-corrected chi connectivity index (χ4v) is 6.42. The van der Waals surface area contributed by atoms with Crippen LogP contribution in [0.15, 0.2) is 70.6 Å². The quantitative estimate of drug-likeness (QED) is 0.218. The van der Waals surface area contributed by atoms with Gasteiger partial charge in [0.25, 0.3) is 5.56 Å². The maximum absolute atomic E-state index is 13.8. The van der Waals surface area contributed by atoms with Gasteiger partial charge in [0, 0.05) is 24.5 Å². The van der Waals surface area contributed by atoms with E-state index in [1.807, 2.05) is 36.4 Å². The second kappa shape index (κ2) is 10.1. The van der Waals surface area contributed by atoms with Gasteiger partial charge in [0.05, 0.1) is 24.8 Å². The number of thiophene rings is 1. The van der Waals surface area contributed by atoms with Crippen molar-refractivity contribution in [3.05, 3.63) is 92.6 Å². The van der Waals surface area contributed by atoms with Crippen LogP contribution in [0.4, 0.5) is 0 Å². The summed E-state index contributed by atoms with van der Waals surface area (Å²) >= 11 is 2.85. The van der Waals surface area contributed by atoms with Crippen molar-refractivity contribution in [2.75, 3.05) is 19.4 Å². The Morgan fingerprint density at radius 2 is 1.74 bits per heavy atom. The van der Waals surface area contributed by atoms with E-state index in [9.17, 15) is 9.59 Å². The highest BCUT2D eigenvalue weighted by Gasteiger charge is 2.25. The van der Waals surface area contributed by atoms with Gasteiger partial charge in [0.2, 0.25) is 0 Å². The Morgan fingerprint density at radius 3 is 2.41 bits per heavy atom. The molecule has 6 nitrogen and oxygen atoms in total. The fraction of sp³-hybridized carbons (Fsp3) is 0.269. The van der Waals surface area contributed by atoms with Gasteiger partial charge in [-0.2, -0.15) is 0 Å². The summed E-state index contributed by atoms with van der Waals surface area (Å²) in [4.78, 5) is 34.8. The van der Waals surface area contributed by atoms with Gasteiger partial charge in [0.15, 0.2) is 5.16 Å². The second-order valence-electron chi connectivity index (χ2n) is 8.27. The molecule has 3 heterocycles. The van der Waals surface area contributed by atoms with Gasteiger partial charge in [-0.05, 0) is 23.1 Å². The molecule has 0 N–H and O–H groups in total. The zero-order valence-corrected chi connectivity index (χ0v) is 20.5. The van der Waals surface area contributed by atoms with Gasteiger partial charge in [0.1, 0.15) is 4.83 Å². The molecule has 0 fully saturated rings. The van der Waals surface area contributed by atoms with E-state index in [1.165, 1.54) is 29.3 Å². The van der Waals surface area contributed by atoms with Gasteiger partial charge in [-0.15, -0.1) is 11.3 Å². The summed E-state index contributed by atoms with van der Waals surface area (Å²) in [6.07, 6.45) is 0.832. The molecule has 0 bridgehead atoms. The number of benzene rings is 2. The SMILES string of the molecule is COC(=O)CSc1nc2sc3c(c2c(=O)n1Cc1ccccc1)CCN(Cc1ccccc1)C3. The number of thioether (sulfide) groups is 1. The molecule has 0 radical (unpaired) electrons. The van der Waals surface area contributed by atoms with E-state index in [4.69, 9.17) is 9.72 Å². The average Bonchev–Trinajstić information content (AvgIpc) is 3.23. The Hall–Kier alpha value is -2.94. The van der Waals surface area contributed by atoms with Crippen molar-refractivity contribution in [3.8, 4) is 0 Å². The van der Waals surface area contributed by atoms with Crippen molar-refractivity contribution in [1.29, 1.82) is 0 Å². The molecule has 1 aliphatic heterocycles. The summed E-state index contributed by atoms with van der Waals surface area (Å²) in [7, 11) is 1.37. The lowest BCUT2D eigenvalue weighted by atomic mass is 10.0. The third-order valence-corrected chi connectivity index (χ3v) is 8.04. The number of hydrogen-bond acceptors (Lipinski definition) is 7. The van der Waals surface area contributed by atoms with Crippen molar-refractivity contribution < 1.29 is 9.53 Å². The average molecular weight is 492 g/mol. The first-order chi connectivity index (χ1) is 16.6. The van der Waals surface area contributed by atoms with Gasteiger partial charge in [-0.25, -0.2) is 4.98 Å². The minimum absolute atomic E-state index is 0.0322. The maximum atomic E-state index is 13.8. The molecule has 2 aromatic carbocycles. The molecule has 0 aliphatic carbocycles. The molecule has 0 spiro atoms. The monoisotopic (exact) mass is 491 g/mol. The molecule has 0 amide bonds. The van der Waals surface area contributed by atoms with Crippen LogP contribution in [0.25, 0.3) is 10.2 Å². The zero-order valence-electron chi connectivity index (χ0n) is 18.9. The van der Waals surface area contributed by atoms with Gasteiger partial charge in [-0.1, -0.05) is 72.4 Å². The molecule has 2 aromatic heterocycles. The third-order valence-electron chi connectivity index (χ3n) is 5.98. The summed E-state index contributed by atoms with van der Waals surface area (Å²) in [5.74, 6) is -0.230. The summed E-state index contributed by atoms with van der Waals surface area (Å²) in [6.45, 7) is 3.02. The highest BCUT2D eigenvalue weighted by molar-refractivity contribution is 7.99. The van der Waals surface area contributed by atoms with Gasteiger partial charge < -0.3 is 4.74 Å². The number of hydrogen-bond donors (Lipinski definition) is 0. The number of carbonyl (C=O) groups excluding carboxylic acids is 1. The van der Waals surface area contributed by atoms with E-state index in [0.29, 0.717) is 11.7 Å². The van der Waals surface area contributed by atoms with Crippen molar-refractivity contribution in [3.63, 3.8) is 0 Å². The predicted molar refractivity (Wildman–Crippen MR) is 136 cm³/mol. The van der Waals surface area contributed by atoms with Crippen LogP contribution in [0.2, 0.25) is 0 Å². The fourth-order valence-electron chi connectivity index (χ4n) is 4.28. The standard InChI is InChI=1S/C26H25N3O3S2/c1-32-22(30)17-33-26-27-24-23(25(31)29(26)15-19-10-6-3-7-11-19)20-12-13-28(16-21(20)34-24)14-18-8-4-2-5-9-18/h2-11H,12-17H2,1H3. The molecular formula is C26H25N3O3S2. The first-order valence-corrected chi connectivity index (χ1v) is 13.0. The number of methoxy groups -OCH3 is 1. The lowest BCUT2D eigenvalue weighted by molar-refractivity contribution is -0.137. The smallest absolute Gasteiger partial charge is 0.316 e. The van der Waals surface area contributed by atoms with Gasteiger partial charge >= 0.3 is 5.97 Å². The molecule has 34 heavy (non-hydrogen) atoms. The first kappa shape index (κ1) is 22.8. The number of esters is 1. The Morgan fingerprint density at radius 1 is 1.06 bits per heavy atom. The summed E-state index contributed by atoms with van der Waals surface area (Å²) in [5, 5.41) is 1.28. The van der Waals surface area contributed by atoms with E-state index >= 15 is 0 Å². The normalized spacial score (nSPS) is 13.7. The van der Waals surface area contributed by atoms with E-state index in [0.717, 1.165) is 47.4 Å². The third kappa shape index (κ3) is 4.80. The molecule has 8 heteroatoms. The van der Waals surface area contributed by atoms with Crippen LogP contribution in [-0.4, -0.2) is 39.8 Å². The molecule has 0 unspecified atom stereocenters. The van der Waals surface area contributed by atoms with Gasteiger partial charge in [-0.3, -0.25) is 19.1 Å². The number of nitrogens with zero attached hydrogens (tertiary/aromatic N) is 3.